The Kier molecular flexibility index (Phi) is 4.94. The second-order valence-electron chi connectivity index (χ2n) is 9.71. The van der Waals surface area contributed by atoms with Gasteiger partial charge in [-0.05, 0) is 35.4 Å². The number of piperazine rings is 1. The Morgan fingerprint density at radius 2 is 1.94 bits per heavy atom. The second-order valence-corrected chi connectivity index (χ2v) is 9.71. The quantitative estimate of drug-likeness (QED) is 0.698. The van der Waals surface area contributed by atoms with Crippen molar-refractivity contribution in [2.45, 2.75) is 18.6 Å². The molecule has 4 aliphatic heterocycles. The summed E-state index contributed by atoms with van der Waals surface area (Å²) in [5.41, 5.74) is 8.57. The van der Waals surface area contributed by atoms with Gasteiger partial charge in [-0.25, -0.2) is 0 Å². The highest BCUT2D eigenvalue weighted by Gasteiger charge is 2.47. The van der Waals surface area contributed by atoms with Crippen molar-refractivity contribution in [3.63, 3.8) is 0 Å². The van der Waals surface area contributed by atoms with Crippen LogP contribution in [0.2, 0.25) is 0 Å². The third-order valence-corrected chi connectivity index (χ3v) is 7.55. The van der Waals surface area contributed by atoms with E-state index < -0.39 is 0 Å². The monoisotopic (exact) mass is 463 g/mol. The van der Waals surface area contributed by atoms with E-state index in [0.717, 1.165) is 66.0 Å². The van der Waals surface area contributed by atoms with Crippen LogP contribution >= 0.6 is 0 Å². The summed E-state index contributed by atoms with van der Waals surface area (Å²) in [6.07, 6.45) is 13.6. The molecular weight excluding hydrogens is 436 g/mol. The molecule has 2 atom stereocenters. The summed E-state index contributed by atoms with van der Waals surface area (Å²) in [6, 6.07) is 11.3. The number of allylic oxidation sites excluding steroid dienone is 5. The van der Waals surface area contributed by atoms with Gasteiger partial charge in [0.25, 0.3) is 0 Å². The molecule has 0 bridgehead atoms. The van der Waals surface area contributed by atoms with Gasteiger partial charge in [0.2, 0.25) is 0 Å². The number of nitrogens with one attached hydrogen (secondary N) is 1. The van der Waals surface area contributed by atoms with Gasteiger partial charge in [0.05, 0.1) is 23.5 Å². The number of hydrogen-bond acceptors (Lipinski definition) is 7. The molecule has 1 aliphatic carbocycles. The number of benzene rings is 1. The van der Waals surface area contributed by atoms with E-state index in [1.54, 1.807) is 0 Å². The first kappa shape index (κ1) is 20.8. The van der Waals surface area contributed by atoms with Gasteiger partial charge in [-0.3, -0.25) is 20.2 Å². The van der Waals surface area contributed by atoms with Crippen LogP contribution in [0.4, 0.5) is 11.4 Å². The third kappa shape index (κ3) is 3.72. The Morgan fingerprint density at radius 1 is 1.03 bits per heavy atom. The Balaban J connectivity index is 1.13. The average Bonchev–Trinajstić information content (AvgIpc) is 3.68. The number of rotatable bonds is 4. The maximum Gasteiger partial charge on any atom is 0.0703 e. The van der Waals surface area contributed by atoms with Gasteiger partial charge in [-0.2, -0.15) is 0 Å². The van der Waals surface area contributed by atoms with E-state index in [9.17, 15) is 5.21 Å². The van der Waals surface area contributed by atoms with E-state index in [1.807, 2.05) is 48.8 Å². The van der Waals surface area contributed by atoms with Crippen LogP contribution in [0.15, 0.2) is 94.9 Å². The Morgan fingerprint density at radius 3 is 2.80 bits per heavy atom. The average molecular weight is 464 g/mol. The highest BCUT2D eigenvalue weighted by molar-refractivity contribution is 6.11. The fourth-order valence-electron chi connectivity index (χ4n) is 5.64. The molecule has 2 fully saturated rings. The number of hydroxylamine groups is 2. The minimum absolute atomic E-state index is 0.198. The number of hydrogen-bond donors (Lipinski definition) is 1. The lowest BCUT2D eigenvalue weighted by molar-refractivity contribution is 0.249. The van der Waals surface area contributed by atoms with Crippen molar-refractivity contribution in [2.75, 3.05) is 37.6 Å². The molecule has 1 N–H and O–H groups in total. The molecule has 7 heteroatoms. The van der Waals surface area contributed by atoms with Crippen molar-refractivity contribution in [2.24, 2.45) is 4.99 Å². The predicted octanol–water partition coefficient (Wildman–Crippen LogP) is 3.62. The topological polar surface area (TPSA) is 80.0 Å². The van der Waals surface area contributed by atoms with Crippen LogP contribution in [-0.4, -0.2) is 59.4 Å². The summed E-state index contributed by atoms with van der Waals surface area (Å²) in [4.78, 5) is 14.3. The first-order valence-corrected chi connectivity index (χ1v) is 12.3. The largest absolute Gasteiger partial charge is 0.758 e. The van der Waals surface area contributed by atoms with E-state index in [4.69, 9.17) is 4.99 Å². The zero-order valence-corrected chi connectivity index (χ0v) is 19.5. The van der Waals surface area contributed by atoms with Crippen molar-refractivity contribution in [3.8, 4) is 0 Å². The maximum atomic E-state index is 12.6. The molecule has 5 aliphatic rings. The zero-order chi connectivity index (χ0) is 23.4. The lowest BCUT2D eigenvalue weighted by Crippen LogP contribution is -2.46. The summed E-state index contributed by atoms with van der Waals surface area (Å²) in [7, 11) is 0. The van der Waals surface area contributed by atoms with Gasteiger partial charge in [0.1, 0.15) is 0 Å². The number of anilines is 1. The first-order valence-electron chi connectivity index (χ1n) is 12.3. The van der Waals surface area contributed by atoms with Crippen LogP contribution < -0.4 is 10.2 Å². The van der Waals surface area contributed by atoms with E-state index in [2.05, 4.69) is 44.4 Å². The molecular formula is C28H27N6O-. The minimum atomic E-state index is 0.198. The molecule has 0 radical (unpaired) electrons. The summed E-state index contributed by atoms with van der Waals surface area (Å²) < 4.78 is 0. The zero-order valence-electron chi connectivity index (χ0n) is 19.5. The predicted molar refractivity (Wildman–Crippen MR) is 138 cm³/mol. The smallest absolute Gasteiger partial charge is 0.0703 e. The molecule has 0 amide bonds. The molecule has 35 heavy (non-hydrogen) atoms. The van der Waals surface area contributed by atoms with Crippen molar-refractivity contribution >= 4 is 17.1 Å². The third-order valence-electron chi connectivity index (χ3n) is 7.55. The highest BCUT2D eigenvalue weighted by atomic mass is 16.5. The molecule has 1 aromatic heterocycles. The molecule has 0 spiro atoms. The number of aromatic nitrogens is 1. The number of aliphatic imine (C=N–C) groups is 1. The molecule has 2 saturated heterocycles. The van der Waals surface area contributed by atoms with Crippen LogP contribution in [0.3, 0.4) is 0 Å². The number of pyridine rings is 1. The van der Waals surface area contributed by atoms with Gasteiger partial charge >= 0.3 is 0 Å². The van der Waals surface area contributed by atoms with E-state index in [-0.39, 0.29) is 12.1 Å². The van der Waals surface area contributed by atoms with Gasteiger partial charge in [0.15, 0.2) is 0 Å². The molecule has 7 nitrogen and oxygen atoms in total. The van der Waals surface area contributed by atoms with Gasteiger partial charge < -0.3 is 15.2 Å². The van der Waals surface area contributed by atoms with Gasteiger partial charge in [-0.15, -0.1) is 0 Å². The summed E-state index contributed by atoms with van der Waals surface area (Å²) in [6.45, 7) is 5.34. The van der Waals surface area contributed by atoms with Crippen LogP contribution in [0.25, 0.3) is 0 Å². The Hall–Kier alpha value is -3.52. The van der Waals surface area contributed by atoms with E-state index in [1.165, 1.54) is 16.8 Å². The van der Waals surface area contributed by atoms with Crippen LogP contribution in [0, 0.1) is 5.21 Å². The molecule has 0 saturated carbocycles. The normalized spacial score (nSPS) is 25.1. The van der Waals surface area contributed by atoms with Crippen molar-refractivity contribution in [1.82, 2.24) is 20.3 Å². The molecule has 2 unspecified atom stereocenters. The molecule has 7 rings (SSSR count). The SMILES string of the molecule is [O-]N1CC(C2=Nc3cc(N4CCN(Cc5cccnc5)CC4)ccc3C3NC23)=C2C=CC=CC=C21. The number of nitrogens with zero attached hydrogens (tertiary/aromatic N) is 5. The molecule has 2 aromatic rings. The van der Waals surface area contributed by atoms with Crippen molar-refractivity contribution in [1.29, 1.82) is 0 Å². The lowest BCUT2D eigenvalue weighted by Gasteiger charge is -2.36. The summed E-state index contributed by atoms with van der Waals surface area (Å²) >= 11 is 0. The second kappa shape index (κ2) is 8.30. The van der Waals surface area contributed by atoms with Crippen molar-refractivity contribution in [3.05, 3.63) is 106 Å². The summed E-state index contributed by atoms with van der Waals surface area (Å²) in [5.74, 6) is 0. The lowest BCUT2D eigenvalue weighted by atomic mass is 9.94. The fourth-order valence-corrected chi connectivity index (χ4v) is 5.64. The van der Waals surface area contributed by atoms with Crippen molar-refractivity contribution < 1.29 is 0 Å². The Labute approximate surface area is 205 Å². The number of fused-ring (bicyclic) bond motifs is 4. The molecule has 176 valence electrons. The molecule has 5 heterocycles. The van der Waals surface area contributed by atoms with Crippen LogP contribution in [0.5, 0.6) is 0 Å². The van der Waals surface area contributed by atoms with Gasteiger partial charge in [0, 0.05) is 74.2 Å². The standard InChI is InChI=1S/C28H27N6O/c35-34-18-23(21-6-2-1-3-7-25(21)34)27-28-26(31-28)22-9-8-20(15-24(22)30-27)33-13-11-32(12-14-33)17-19-5-4-10-29-16-19/h1-10,15-16,26,28,31H,11-14,17-18H2/q-1. The fraction of sp³-hybridized carbons (Fsp3) is 0.286. The highest BCUT2D eigenvalue weighted by Crippen LogP contribution is 2.46. The Bertz CT molecular complexity index is 1320. The van der Waals surface area contributed by atoms with Crippen LogP contribution in [-0.2, 0) is 6.54 Å². The van der Waals surface area contributed by atoms with Gasteiger partial charge in [-0.1, -0.05) is 36.4 Å². The molecule has 1 aromatic carbocycles. The van der Waals surface area contributed by atoms with Crippen LogP contribution in [0.1, 0.15) is 17.2 Å². The van der Waals surface area contributed by atoms with E-state index >= 15 is 0 Å². The maximum absolute atomic E-state index is 12.6. The minimum Gasteiger partial charge on any atom is -0.758 e. The van der Waals surface area contributed by atoms with E-state index in [0.29, 0.717) is 6.54 Å². The summed E-state index contributed by atoms with van der Waals surface area (Å²) in [5, 5.41) is 17.3. The first-order chi connectivity index (χ1) is 17.2.